The zero-order chi connectivity index (χ0) is 15.2. The van der Waals surface area contributed by atoms with E-state index in [-0.39, 0.29) is 0 Å². The fourth-order valence-electron chi connectivity index (χ4n) is 1.89. The van der Waals surface area contributed by atoms with Crippen molar-refractivity contribution in [1.29, 1.82) is 0 Å². The second-order valence-corrected chi connectivity index (χ2v) is 5.32. The van der Waals surface area contributed by atoms with Crippen LogP contribution in [0.5, 0.6) is 11.5 Å². The second kappa shape index (κ2) is 7.31. The van der Waals surface area contributed by atoms with Gasteiger partial charge in [0.15, 0.2) is 0 Å². The summed E-state index contributed by atoms with van der Waals surface area (Å²) in [6.45, 7) is 7.18. The number of nitrogens with zero attached hydrogens (tertiary/aromatic N) is 1. The van der Waals surface area contributed by atoms with Crippen molar-refractivity contribution in [2.24, 2.45) is 0 Å². The Morgan fingerprint density at radius 2 is 1.90 bits per heavy atom. The number of rotatable bonds is 6. The number of hydrogen-bond donors (Lipinski definition) is 1. The van der Waals surface area contributed by atoms with Crippen LogP contribution >= 0.6 is 15.9 Å². The first-order valence-corrected chi connectivity index (χ1v) is 7.72. The maximum absolute atomic E-state index is 5.64. The minimum Gasteiger partial charge on any atom is -0.494 e. The predicted molar refractivity (Wildman–Crippen MR) is 88.7 cm³/mol. The van der Waals surface area contributed by atoms with Gasteiger partial charge >= 0.3 is 0 Å². The number of ether oxygens (including phenoxy) is 2. The molecule has 0 fully saturated rings. The van der Waals surface area contributed by atoms with Gasteiger partial charge in [0.25, 0.3) is 0 Å². The molecular formula is C16H19BrN2O2. The molecule has 0 saturated heterocycles. The van der Waals surface area contributed by atoms with Crippen LogP contribution in [-0.4, -0.2) is 18.2 Å². The fourth-order valence-corrected chi connectivity index (χ4v) is 2.11. The van der Waals surface area contributed by atoms with Gasteiger partial charge in [0.05, 0.1) is 18.9 Å². The molecule has 1 aromatic heterocycles. The smallest absolute Gasteiger partial charge is 0.143 e. The highest BCUT2D eigenvalue weighted by Gasteiger charge is 2.08. The lowest BCUT2D eigenvalue weighted by atomic mass is 10.2. The molecule has 21 heavy (non-hydrogen) atoms. The van der Waals surface area contributed by atoms with Crippen LogP contribution in [0.25, 0.3) is 0 Å². The van der Waals surface area contributed by atoms with Crippen molar-refractivity contribution < 1.29 is 9.47 Å². The highest BCUT2D eigenvalue weighted by atomic mass is 79.9. The SMILES string of the molecule is CCOc1ccc(OCC)c(Nc2cc(C)c(Br)cn2)c1. The van der Waals surface area contributed by atoms with Crippen LogP contribution in [0.2, 0.25) is 0 Å². The largest absolute Gasteiger partial charge is 0.494 e. The van der Waals surface area contributed by atoms with E-state index in [0.717, 1.165) is 33.0 Å². The zero-order valence-corrected chi connectivity index (χ0v) is 14.0. The Hall–Kier alpha value is -1.75. The number of aryl methyl sites for hydroxylation is 1. The Kier molecular flexibility index (Phi) is 5.44. The third-order valence-corrected chi connectivity index (χ3v) is 3.70. The summed E-state index contributed by atoms with van der Waals surface area (Å²) in [6, 6.07) is 7.71. The van der Waals surface area contributed by atoms with E-state index >= 15 is 0 Å². The van der Waals surface area contributed by atoms with E-state index < -0.39 is 0 Å². The molecule has 0 aliphatic heterocycles. The van der Waals surface area contributed by atoms with Crippen LogP contribution in [0.15, 0.2) is 34.9 Å². The van der Waals surface area contributed by atoms with E-state index in [1.54, 1.807) is 6.20 Å². The Labute approximate surface area is 133 Å². The number of benzene rings is 1. The molecule has 0 radical (unpaired) electrons. The lowest BCUT2D eigenvalue weighted by Gasteiger charge is -2.14. The summed E-state index contributed by atoms with van der Waals surface area (Å²) in [5.74, 6) is 2.35. The van der Waals surface area contributed by atoms with Crippen LogP contribution in [0.4, 0.5) is 11.5 Å². The molecule has 0 aliphatic rings. The summed E-state index contributed by atoms with van der Waals surface area (Å²) in [4.78, 5) is 4.36. The van der Waals surface area contributed by atoms with Gasteiger partial charge in [-0.1, -0.05) is 0 Å². The van der Waals surface area contributed by atoms with Gasteiger partial charge in [0.2, 0.25) is 0 Å². The van der Waals surface area contributed by atoms with E-state index in [4.69, 9.17) is 9.47 Å². The summed E-state index contributed by atoms with van der Waals surface area (Å²) < 4.78 is 12.2. The van der Waals surface area contributed by atoms with Gasteiger partial charge in [0, 0.05) is 16.7 Å². The van der Waals surface area contributed by atoms with Crippen molar-refractivity contribution in [2.75, 3.05) is 18.5 Å². The van der Waals surface area contributed by atoms with Crippen molar-refractivity contribution >= 4 is 27.4 Å². The number of aromatic nitrogens is 1. The molecule has 0 amide bonds. The maximum atomic E-state index is 5.64. The first-order valence-electron chi connectivity index (χ1n) is 6.92. The first-order chi connectivity index (χ1) is 10.1. The highest BCUT2D eigenvalue weighted by Crippen LogP contribution is 2.32. The molecule has 4 nitrogen and oxygen atoms in total. The molecule has 112 valence electrons. The molecule has 5 heteroatoms. The highest BCUT2D eigenvalue weighted by molar-refractivity contribution is 9.10. The minimum absolute atomic E-state index is 0.607. The number of anilines is 2. The Bertz CT molecular complexity index is 617. The number of nitrogens with one attached hydrogen (secondary N) is 1. The topological polar surface area (TPSA) is 43.4 Å². The van der Waals surface area contributed by atoms with Crippen molar-refractivity contribution in [3.8, 4) is 11.5 Å². The molecule has 0 atom stereocenters. The van der Waals surface area contributed by atoms with Crippen LogP contribution in [0.1, 0.15) is 19.4 Å². The summed E-state index contributed by atoms with van der Waals surface area (Å²) in [5.41, 5.74) is 1.96. The molecule has 1 heterocycles. The van der Waals surface area contributed by atoms with E-state index in [2.05, 4.69) is 26.2 Å². The van der Waals surface area contributed by atoms with Gasteiger partial charge in [0.1, 0.15) is 17.3 Å². The van der Waals surface area contributed by atoms with Crippen LogP contribution in [-0.2, 0) is 0 Å². The molecule has 1 aromatic carbocycles. The maximum Gasteiger partial charge on any atom is 0.143 e. The lowest BCUT2D eigenvalue weighted by Crippen LogP contribution is -2.01. The minimum atomic E-state index is 0.607. The summed E-state index contributed by atoms with van der Waals surface area (Å²) in [5, 5.41) is 3.29. The summed E-state index contributed by atoms with van der Waals surface area (Å²) in [7, 11) is 0. The molecule has 0 saturated carbocycles. The molecule has 2 rings (SSSR count). The molecule has 0 unspecified atom stereocenters. The quantitative estimate of drug-likeness (QED) is 0.820. The van der Waals surface area contributed by atoms with Crippen molar-refractivity contribution in [1.82, 2.24) is 4.98 Å². The van der Waals surface area contributed by atoms with Crippen LogP contribution < -0.4 is 14.8 Å². The standard InChI is InChI=1S/C16H19BrN2O2/c1-4-20-12-6-7-15(21-5-2)14(9-12)19-16-8-11(3)13(17)10-18-16/h6-10H,4-5H2,1-3H3,(H,18,19). The molecule has 0 aliphatic carbocycles. The summed E-state index contributed by atoms with van der Waals surface area (Å²) >= 11 is 3.45. The van der Waals surface area contributed by atoms with Gasteiger partial charge in [-0.25, -0.2) is 4.98 Å². The Morgan fingerprint density at radius 3 is 2.57 bits per heavy atom. The third kappa shape index (κ3) is 4.11. The van der Waals surface area contributed by atoms with Gasteiger partial charge in [-0.3, -0.25) is 0 Å². The van der Waals surface area contributed by atoms with E-state index in [0.29, 0.717) is 13.2 Å². The normalized spacial score (nSPS) is 10.3. The monoisotopic (exact) mass is 350 g/mol. The second-order valence-electron chi connectivity index (χ2n) is 4.47. The Morgan fingerprint density at radius 1 is 1.14 bits per heavy atom. The van der Waals surface area contributed by atoms with E-state index in [1.807, 2.05) is 45.0 Å². The molecule has 0 bridgehead atoms. The number of pyridine rings is 1. The number of hydrogen-bond acceptors (Lipinski definition) is 4. The van der Waals surface area contributed by atoms with Crippen molar-refractivity contribution in [3.05, 3.63) is 40.5 Å². The van der Waals surface area contributed by atoms with Gasteiger partial charge in [-0.15, -0.1) is 0 Å². The van der Waals surface area contributed by atoms with Crippen molar-refractivity contribution in [3.63, 3.8) is 0 Å². The molecule has 1 N–H and O–H groups in total. The van der Waals surface area contributed by atoms with Crippen LogP contribution in [0, 0.1) is 6.92 Å². The fraction of sp³-hybridized carbons (Fsp3) is 0.312. The van der Waals surface area contributed by atoms with E-state index in [9.17, 15) is 0 Å². The molecule has 2 aromatic rings. The van der Waals surface area contributed by atoms with Gasteiger partial charge < -0.3 is 14.8 Å². The van der Waals surface area contributed by atoms with E-state index in [1.165, 1.54) is 0 Å². The van der Waals surface area contributed by atoms with Gasteiger partial charge in [-0.05, 0) is 60.5 Å². The average molecular weight is 351 g/mol. The number of halogens is 1. The third-order valence-electron chi connectivity index (χ3n) is 2.87. The van der Waals surface area contributed by atoms with Gasteiger partial charge in [-0.2, -0.15) is 0 Å². The first kappa shape index (κ1) is 15.6. The summed E-state index contributed by atoms with van der Waals surface area (Å²) in [6.07, 6.45) is 1.78. The average Bonchev–Trinajstić information content (AvgIpc) is 2.46. The Balaban J connectivity index is 2.30. The lowest BCUT2D eigenvalue weighted by molar-refractivity contribution is 0.332. The van der Waals surface area contributed by atoms with Crippen molar-refractivity contribution in [2.45, 2.75) is 20.8 Å². The molecular weight excluding hydrogens is 332 g/mol. The van der Waals surface area contributed by atoms with Crippen LogP contribution in [0.3, 0.4) is 0 Å². The molecule has 0 spiro atoms. The predicted octanol–water partition coefficient (Wildman–Crippen LogP) is 4.69. The zero-order valence-electron chi connectivity index (χ0n) is 12.4.